The third-order valence-electron chi connectivity index (χ3n) is 1.78. The van der Waals surface area contributed by atoms with Gasteiger partial charge in [0.05, 0.1) is 6.07 Å². The summed E-state index contributed by atoms with van der Waals surface area (Å²) in [7, 11) is 0. The molecule has 0 aliphatic heterocycles. The fourth-order valence-corrected chi connectivity index (χ4v) is 1.17. The molecule has 0 aromatic carbocycles. The number of nitriles is 1. The Hall–Kier alpha value is -1.03. The predicted octanol–water partition coefficient (Wildman–Crippen LogP) is 3.59. The molecule has 66 valence electrons. The Bertz CT molecular complexity index is 216. The maximum absolute atomic E-state index is 8.65. The summed E-state index contributed by atoms with van der Waals surface area (Å²) in [5.41, 5.74) is 2.19. The monoisotopic (exact) mass is 163 g/mol. The molecule has 0 unspecified atom stereocenters. The average molecular weight is 163 g/mol. The van der Waals surface area contributed by atoms with Gasteiger partial charge in [-0.2, -0.15) is 5.26 Å². The summed E-state index contributed by atoms with van der Waals surface area (Å²) in [6.07, 6.45) is 7.17. The molecule has 0 aromatic rings. The van der Waals surface area contributed by atoms with Crippen LogP contribution in [0.1, 0.15) is 40.0 Å². The van der Waals surface area contributed by atoms with E-state index in [0.29, 0.717) is 0 Å². The van der Waals surface area contributed by atoms with Crippen LogP contribution in [0, 0.1) is 11.3 Å². The van der Waals surface area contributed by atoms with Gasteiger partial charge in [0.1, 0.15) is 0 Å². The molecule has 0 saturated heterocycles. The average Bonchev–Trinajstić information content (AvgIpc) is 2.20. The van der Waals surface area contributed by atoms with E-state index < -0.39 is 0 Å². The Morgan fingerprint density at radius 3 is 2.58 bits per heavy atom. The molecule has 1 aliphatic carbocycles. The van der Waals surface area contributed by atoms with Gasteiger partial charge < -0.3 is 0 Å². The molecule has 1 rings (SSSR count). The minimum Gasteiger partial charge on any atom is -0.193 e. The fraction of sp³-hybridized carbons (Fsp3) is 0.545. The van der Waals surface area contributed by atoms with Crippen molar-refractivity contribution in [3.63, 3.8) is 0 Å². The number of hydrogen-bond acceptors (Lipinski definition) is 1. The van der Waals surface area contributed by atoms with Gasteiger partial charge in [0, 0.05) is 5.57 Å². The summed E-state index contributed by atoms with van der Waals surface area (Å²) in [6.45, 7) is 6.09. The van der Waals surface area contributed by atoms with Gasteiger partial charge in [0.2, 0.25) is 0 Å². The van der Waals surface area contributed by atoms with Crippen molar-refractivity contribution in [2.24, 2.45) is 0 Å². The first kappa shape index (κ1) is 11.0. The van der Waals surface area contributed by atoms with E-state index >= 15 is 0 Å². The highest BCUT2D eigenvalue weighted by Gasteiger charge is 2.04. The van der Waals surface area contributed by atoms with E-state index in [1.54, 1.807) is 0 Å². The molecule has 0 fully saturated rings. The van der Waals surface area contributed by atoms with Crippen molar-refractivity contribution in [1.29, 1.82) is 5.26 Å². The molecular weight excluding hydrogens is 146 g/mol. The van der Waals surface area contributed by atoms with Crippen LogP contribution < -0.4 is 0 Å². The minimum atomic E-state index is 0.941. The van der Waals surface area contributed by atoms with Gasteiger partial charge in [-0.1, -0.05) is 32.9 Å². The van der Waals surface area contributed by atoms with E-state index in [2.05, 4.69) is 25.1 Å². The third-order valence-corrected chi connectivity index (χ3v) is 1.78. The normalized spacial score (nSPS) is 14.8. The minimum absolute atomic E-state index is 0.941. The molecular formula is C11H17N. The Morgan fingerprint density at radius 1 is 1.50 bits per heavy atom. The number of nitrogens with zero attached hydrogens (tertiary/aromatic N) is 1. The number of allylic oxidation sites excluding steroid dienone is 4. The van der Waals surface area contributed by atoms with Gasteiger partial charge in [-0.15, -0.1) is 0 Å². The van der Waals surface area contributed by atoms with Crippen LogP contribution in [0.3, 0.4) is 0 Å². The summed E-state index contributed by atoms with van der Waals surface area (Å²) in [5.74, 6) is 0. The Labute approximate surface area is 75.4 Å². The highest BCUT2D eigenvalue weighted by molar-refractivity contribution is 5.37. The number of hydrogen-bond donors (Lipinski definition) is 0. The molecule has 1 heteroatoms. The fourth-order valence-electron chi connectivity index (χ4n) is 1.17. The first-order valence-corrected chi connectivity index (χ1v) is 4.67. The molecule has 0 N–H and O–H groups in total. The standard InChI is InChI=1S/C9H11N.C2H6/c1-2-8-5-3-4-6-9(8)7-10;1-2/h3,5H,2,4,6H2,1H3;1-2H3. The van der Waals surface area contributed by atoms with E-state index in [1.807, 2.05) is 13.8 Å². The summed E-state index contributed by atoms with van der Waals surface area (Å²) in [5, 5.41) is 8.65. The van der Waals surface area contributed by atoms with Crippen molar-refractivity contribution in [3.8, 4) is 6.07 Å². The van der Waals surface area contributed by atoms with Gasteiger partial charge in [0.15, 0.2) is 0 Å². The molecule has 0 radical (unpaired) electrons. The van der Waals surface area contributed by atoms with Crippen molar-refractivity contribution in [1.82, 2.24) is 0 Å². The van der Waals surface area contributed by atoms with E-state index in [0.717, 1.165) is 24.8 Å². The van der Waals surface area contributed by atoms with Crippen LogP contribution in [0.25, 0.3) is 0 Å². The summed E-state index contributed by atoms with van der Waals surface area (Å²) >= 11 is 0. The van der Waals surface area contributed by atoms with Gasteiger partial charge in [-0.3, -0.25) is 0 Å². The van der Waals surface area contributed by atoms with Crippen LogP contribution in [0.2, 0.25) is 0 Å². The molecule has 1 nitrogen and oxygen atoms in total. The second-order valence-corrected chi connectivity index (χ2v) is 2.41. The van der Waals surface area contributed by atoms with Gasteiger partial charge >= 0.3 is 0 Å². The van der Waals surface area contributed by atoms with Crippen molar-refractivity contribution in [2.75, 3.05) is 0 Å². The van der Waals surface area contributed by atoms with Crippen LogP contribution >= 0.6 is 0 Å². The summed E-state index contributed by atoms with van der Waals surface area (Å²) in [4.78, 5) is 0. The lowest BCUT2D eigenvalue weighted by Crippen LogP contribution is -1.90. The second-order valence-electron chi connectivity index (χ2n) is 2.41. The lowest BCUT2D eigenvalue weighted by Gasteiger charge is -2.06. The van der Waals surface area contributed by atoms with Gasteiger partial charge in [-0.05, 0) is 24.8 Å². The van der Waals surface area contributed by atoms with Crippen molar-refractivity contribution < 1.29 is 0 Å². The molecule has 12 heavy (non-hydrogen) atoms. The largest absolute Gasteiger partial charge is 0.193 e. The molecule has 0 spiro atoms. The molecule has 0 heterocycles. The molecule has 0 amide bonds. The van der Waals surface area contributed by atoms with Crippen molar-refractivity contribution in [3.05, 3.63) is 23.3 Å². The molecule has 0 aromatic heterocycles. The quantitative estimate of drug-likeness (QED) is 0.579. The maximum Gasteiger partial charge on any atom is 0.0950 e. The van der Waals surface area contributed by atoms with Gasteiger partial charge in [-0.25, -0.2) is 0 Å². The maximum atomic E-state index is 8.65. The molecule has 0 bridgehead atoms. The topological polar surface area (TPSA) is 23.8 Å². The van der Waals surface area contributed by atoms with Crippen LogP contribution in [0.5, 0.6) is 0 Å². The first-order chi connectivity index (χ1) is 5.88. The highest BCUT2D eigenvalue weighted by Crippen LogP contribution is 2.19. The van der Waals surface area contributed by atoms with E-state index in [4.69, 9.17) is 5.26 Å². The van der Waals surface area contributed by atoms with Crippen molar-refractivity contribution in [2.45, 2.75) is 40.0 Å². The first-order valence-electron chi connectivity index (χ1n) is 4.67. The lowest BCUT2D eigenvalue weighted by atomic mass is 9.97. The van der Waals surface area contributed by atoms with E-state index in [9.17, 15) is 0 Å². The predicted molar refractivity (Wildman–Crippen MR) is 52.7 cm³/mol. The smallest absolute Gasteiger partial charge is 0.0950 e. The van der Waals surface area contributed by atoms with Gasteiger partial charge in [0.25, 0.3) is 0 Å². The zero-order chi connectivity index (χ0) is 9.40. The number of rotatable bonds is 1. The van der Waals surface area contributed by atoms with Crippen molar-refractivity contribution >= 4 is 0 Å². The Balaban J connectivity index is 0.000000561. The van der Waals surface area contributed by atoms with Crippen LogP contribution in [-0.4, -0.2) is 0 Å². The Morgan fingerprint density at radius 2 is 2.17 bits per heavy atom. The molecule has 1 aliphatic rings. The summed E-state index contributed by atoms with van der Waals surface area (Å²) in [6, 6.07) is 2.23. The van der Waals surface area contributed by atoms with Crippen LogP contribution in [-0.2, 0) is 0 Å². The Kier molecular flexibility index (Phi) is 6.09. The lowest BCUT2D eigenvalue weighted by molar-refractivity contribution is 0.944. The third kappa shape index (κ3) is 2.92. The van der Waals surface area contributed by atoms with Crippen LogP contribution in [0.4, 0.5) is 0 Å². The molecule has 0 saturated carbocycles. The highest BCUT2D eigenvalue weighted by atomic mass is 14.3. The zero-order valence-electron chi connectivity index (χ0n) is 8.22. The summed E-state index contributed by atoms with van der Waals surface area (Å²) < 4.78 is 0. The van der Waals surface area contributed by atoms with E-state index in [1.165, 1.54) is 5.57 Å². The van der Waals surface area contributed by atoms with Crippen LogP contribution in [0.15, 0.2) is 23.3 Å². The second kappa shape index (κ2) is 6.67. The SMILES string of the molecule is CC.CCC1=C(C#N)CCC=C1. The molecule has 0 atom stereocenters. The zero-order valence-corrected chi connectivity index (χ0v) is 8.22. The van der Waals surface area contributed by atoms with E-state index in [-0.39, 0.29) is 0 Å².